The first-order valence-electron chi connectivity index (χ1n) is 9.07. The van der Waals surface area contributed by atoms with Crippen LogP contribution in [0.4, 0.5) is 0 Å². The van der Waals surface area contributed by atoms with Gasteiger partial charge in [0, 0.05) is 36.0 Å². The lowest BCUT2D eigenvalue weighted by Gasteiger charge is -2.31. The van der Waals surface area contributed by atoms with Crippen LogP contribution in [0.5, 0.6) is 0 Å². The van der Waals surface area contributed by atoms with E-state index in [1.807, 2.05) is 17.0 Å². The molecule has 0 aliphatic rings. The van der Waals surface area contributed by atoms with E-state index in [-0.39, 0.29) is 17.4 Å². The molecular formula is C20H28ClN3O2. The number of rotatable bonds is 7. The second kappa shape index (κ2) is 8.67. The number of halogens is 1. The molecule has 1 aromatic heterocycles. The highest BCUT2D eigenvalue weighted by atomic mass is 35.5. The van der Waals surface area contributed by atoms with Crippen LogP contribution in [0, 0.1) is 5.41 Å². The van der Waals surface area contributed by atoms with Crippen LogP contribution in [-0.4, -0.2) is 33.5 Å². The van der Waals surface area contributed by atoms with Gasteiger partial charge in [0.15, 0.2) is 0 Å². The molecule has 1 aromatic carbocycles. The molecule has 0 aliphatic heterocycles. The SMILES string of the molecule is CC[C@H](C)N(CCc1nc(-c2ccc(Cl)cc2)no1)C(=O)CC(C)(C)C. The van der Waals surface area contributed by atoms with E-state index in [0.29, 0.717) is 36.1 Å². The van der Waals surface area contributed by atoms with E-state index < -0.39 is 0 Å². The van der Waals surface area contributed by atoms with Crippen molar-refractivity contribution in [2.45, 2.75) is 59.9 Å². The molecule has 0 bridgehead atoms. The third-order valence-electron chi connectivity index (χ3n) is 4.26. The number of benzene rings is 1. The van der Waals surface area contributed by atoms with Crippen molar-refractivity contribution in [2.75, 3.05) is 6.54 Å². The molecule has 0 unspecified atom stereocenters. The van der Waals surface area contributed by atoms with Gasteiger partial charge < -0.3 is 9.42 Å². The van der Waals surface area contributed by atoms with Crippen molar-refractivity contribution in [1.82, 2.24) is 15.0 Å². The Balaban J connectivity index is 2.04. The maximum absolute atomic E-state index is 12.7. The van der Waals surface area contributed by atoms with Gasteiger partial charge in [-0.15, -0.1) is 0 Å². The van der Waals surface area contributed by atoms with Crippen LogP contribution in [0.1, 0.15) is 53.4 Å². The predicted octanol–water partition coefficient (Wildman–Crippen LogP) is 5.00. The Bertz CT molecular complexity index is 719. The second-order valence-electron chi connectivity index (χ2n) is 7.85. The molecule has 2 aromatic rings. The summed E-state index contributed by atoms with van der Waals surface area (Å²) in [5.41, 5.74) is 0.821. The minimum absolute atomic E-state index is 0.0327. The van der Waals surface area contributed by atoms with Crippen molar-refractivity contribution in [3.63, 3.8) is 0 Å². The van der Waals surface area contributed by atoms with Gasteiger partial charge in [0.1, 0.15) is 0 Å². The summed E-state index contributed by atoms with van der Waals surface area (Å²) in [6.07, 6.45) is 1.98. The molecule has 6 heteroatoms. The molecule has 0 radical (unpaired) electrons. The molecule has 0 N–H and O–H groups in total. The topological polar surface area (TPSA) is 59.2 Å². The predicted molar refractivity (Wildman–Crippen MR) is 104 cm³/mol. The highest BCUT2D eigenvalue weighted by molar-refractivity contribution is 6.30. The van der Waals surface area contributed by atoms with Crippen LogP contribution < -0.4 is 0 Å². The molecule has 0 aliphatic carbocycles. The van der Waals surface area contributed by atoms with Gasteiger partial charge in [0.25, 0.3) is 0 Å². The number of hydrogen-bond acceptors (Lipinski definition) is 4. The van der Waals surface area contributed by atoms with Gasteiger partial charge >= 0.3 is 0 Å². The minimum atomic E-state index is -0.0327. The lowest BCUT2D eigenvalue weighted by atomic mass is 9.91. The lowest BCUT2D eigenvalue weighted by Crippen LogP contribution is -2.41. The number of nitrogens with zero attached hydrogens (tertiary/aromatic N) is 3. The third-order valence-corrected chi connectivity index (χ3v) is 4.51. The zero-order valence-electron chi connectivity index (χ0n) is 16.3. The summed E-state index contributed by atoms with van der Waals surface area (Å²) in [7, 11) is 0. The van der Waals surface area contributed by atoms with Gasteiger partial charge in [-0.2, -0.15) is 4.98 Å². The van der Waals surface area contributed by atoms with Gasteiger partial charge in [-0.1, -0.05) is 44.5 Å². The van der Waals surface area contributed by atoms with E-state index >= 15 is 0 Å². The number of carbonyl (C=O) groups is 1. The Hall–Kier alpha value is -1.88. The molecular weight excluding hydrogens is 350 g/mol. The zero-order chi connectivity index (χ0) is 19.3. The number of carbonyl (C=O) groups excluding carboxylic acids is 1. The minimum Gasteiger partial charge on any atom is -0.339 e. The van der Waals surface area contributed by atoms with Crippen molar-refractivity contribution in [3.8, 4) is 11.4 Å². The van der Waals surface area contributed by atoms with Gasteiger partial charge in [-0.25, -0.2) is 0 Å². The summed E-state index contributed by atoms with van der Waals surface area (Å²) in [6, 6.07) is 7.49. The maximum atomic E-state index is 12.7. The first kappa shape index (κ1) is 20.4. The fourth-order valence-electron chi connectivity index (χ4n) is 2.66. The van der Waals surface area contributed by atoms with E-state index in [4.69, 9.17) is 16.1 Å². The van der Waals surface area contributed by atoms with Gasteiger partial charge in [-0.3, -0.25) is 4.79 Å². The molecule has 2 rings (SSSR count). The Morgan fingerprint density at radius 2 is 1.92 bits per heavy atom. The van der Waals surface area contributed by atoms with Crippen molar-refractivity contribution in [1.29, 1.82) is 0 Å². The Kier molecular flexibility index (Phi) is 6.81. The van der Waals surface area contributed by atoms with E-state index in [2.05, 4.69) is 44.8 Å². The summed E-state index contributed by atoms with van der Waals surface area (Å²) in [6.45, 7) is 11.0. The van der Waals surface area contributed by atoms with Crippen LogP contribution in [0.2, 0.25) is 5.02 Å². The first-order valence-corrected chi connectivity index (χ1v) is 9.45. The molecule has 26 heavy (non-hydrogen) atoms. The number of hydrogen-bond donors (Lipinski definition) is 0. The molecule has 142 valence electrons. The smallest absolute Gasteiger partial charge is 0.228 e. The maximum Gasteiger partial charge on any atom is 0.228 e. The van der Waals surface area contributed by atoms with E-state index in [1.54, 1.807) is 12.1 Å². The van der Waals surface area contributed by atoms with Crippen molar-refractivity contribution < 1.29 is 9.32 Å². The van der Waals surface area contributed by atoms with Gasteiger partial charge in [0.2, 0.25) is 17.6 Å². The average Bonchev–Trinajstić information content (AvgIpc) is 3.02. The Morgan fingerprint density at radius 3 is 2.50 bits per heavy atom. The van der Waals surface area contributed by atoms with E-state index in [1.165, 1.54) is 0 Å². The summed E-state index contributed by atoms with van der Waals surface area (Å²) in [4.78, 5) is 19.1. The highest BCUT2D eigenvalue weighted by Gasteiger charge is 2.24. The lowest BCUT2D eigenvalue weighted by molar-refractivity contribution is -0.135. The summed E-state index contributed by atoms with van der Waals surface area (Å²) < 4.78 is 5.36. The second-order valence-corrected chi connectivity index (χ2v) is 8.29. The first-order chi connectivity index (χ1) is 12.2. The summed E-state index contributed by atoms with van der Waals surface area (Å²) in [5, 5.41) is 4.70. The van der Waals surface area contributed by atoms with E-state index in [0.717, 1.165) is 12.0 Å². The van der Waals surface area contributed by atoms with E-state index in [9.17, 15) is 4.79 Å². The molecule has 1 amide bonds. The molecule has 5 nitrogen and oxygen atoms in total. The van der Waals surface area contributed by atoms with Gasteiger partial charge in [-0.05, 0) is 43.0 Å². The highest BCUT2D eigenvalue weighted by Crippen LogP contribution is 2.22. The van der Waals surface area contributed by atoms with Crippen LogP contribution in [0.3, 0.4) is 0 Å². The van der Waals surface area contributed by atoms with Crippen LogP contribution in [0.15, 0.2) is 28.8 Å². The largest absolute Gasteiger partial charge is 0.339 e. The van der Waals surface area contributed by atoms with Crippen molar-refractivity contribution in [2.24, 2.45) is 5.41 Å². The summed E-state index contributed by atoms with van der Waals surface area (Å²) in [5.74, 6) is 1.24. The number of amides is 1. The standard InChI is InChI=1S/C20H28ClN3O2/c1-6-14(2)24(18(25)13-20(3,4)5)12-11-17-22-19(23-26-17)15-7-9-16(21)10-8-15/h7-10,14H,6,11-13H2,1-5H3/t14-/m0/s1. The zero-order valence-corrected chi connectivity index (χ0v) is 17.0. The molecule has 0 fully saturated rings. The fraction of sp³-hybridized carbons (Fsp3) is 0.550. The fourth-order valence-corrected chi connectivity index (χ4v) is 2.78. The molecule has 0 saturated heterocycles. The summed E-state index contributed by atoms with van der Waals surface area (Å²) >= 11 is 5.91. The molecule has 1 heterocycles. The van der Waals surface area contributed by atoms with Crippen LogP contribution >= 0.6 is 11.6 Å². The Morgan fingerprint density at radius 1 is 1.27 bits per heavy atom. The van der Waals surface area contributed by atoms with Crippen molar-refractivity contribution in [3.05, 3.63) is 35.2 Å². The monoisotopic (exact) mass is 377 g/mol. The quantitative estimate of drug-likeness (QED) is 0.681. The molecule has 0 saturated carbocycles. The average molecular weight is 378 g/mol. The third kappa shape index (κ3) is 5.84. The Labute approximate surface area is 160 Å². The van der Waals surface area contributed by atoms with Crippen LogP contribution in [-0.2, 0) is 11.2 Å². The van der Waals surface area contributed by atoms with Gasteiger partial charge in [0.05, 0.1) is 0 Å². The molecule has 1 atom stereocenters. The number of aromatic nitrogens is 2. The van der Waals surface area contributed by atoms with Crippen LogP contribution in [0.25, 0.3) is 11.4 Å². The van der Waals surface area contributed by atoms with Crippen molar-refractivity contribution >= 4 is 17.5 Å². The molecule has 0 spiro atoms. The normalized spacial score (nSPS) is 12.8.